The molecule has 1 aliphatic rings. The van der Waals surface area contributed by atoms with Gasteiger partial charge in [0.25, 0.3) is 5.91 Å². The van der Waals surface area contributed by atoms with E-state index >= 15 is 0 Å². The SMILES string of the molecule is CCOc1ccc2nc(N3CCN(C(=O)c4ccc(F)c(F)c4)CC3)sc2c1. The van der Waals surface area contributed by atoms with Gasteiger partial charge in [-0.2, -0.15) is 0 Å². The Bertz CT molecular complexity index is 1020. The average molecular weight is 403 g/mol. The van der Waals surface area contributed by atoms with E-state index in [1.54, 1.807) is 16.2 Å². The Kier molecular flexibility index (Phi) is 5.13. The molecule has 0 atom stereocenters. The number of piperazine rings is 1. The number of halogens is 2. The molecule has 0 N–H and O–H groups in total. The molecular weight excluding hydrogens is 384 g/mol. The molecule has 1 saturated heterocycles. The first kappa shape index (κ1) is 18.6. The second-order valence-electron chi connectivity index (χ2n) is 6.47. The van der Waals surface area contributed by atoms with Crippen molar-refractivity contribution in [1.29, 1.82) is 0 Å². The average Bonchev–Trinajstić information content (AvgIpc) is 3.13. The first-order valence-corrected chi connectivity index (χ1v) is 9.89. The number of amides is 1. The van der Waals surface area contributed by atoms with Crippen molar-refractivity contribution in [3.05, 3.63) is 53.6 Å². The summed E-state index contributed by atoms with van der Waals surface area (Å²) in [6.07, 6.45) is 0. The molecule has 0 saturated carbocycles. The molecule has 146 valence electrons. The molecule has 0 aliphatic carbocycles. The van der Waals surface area contributed by atoms with E-state index in [1.165, 1.54) is 6.07 Å². The van der Waals surface area contributed by atoms with Crippen molar-refractivity contribution in [3.63, 3.8) is 0 Å². The molecule has 0 spiro atoms. The minimum atomic E-state index is -1.01. The molecule has 2 heterocycles. The first-order chi connectivity index (χ1) is 13.5. The fraction of sp³-hybridized carbons (Fsp3) is 0.300. The van der Waals surface area contributed by atoms with Crippen molar-refractivity contribution >= 4 is 32.6 Å². The number of carbonyl (C=O) groups excluding carboxylic acids is 1. The number of hydrogen-bond acceptors (Lipinski definition) is 5. The number of rotatable bonds is 4. The van der Waals surface area contributed by atoms with Gasteiger partial charge in [-0.05, 0) is 43.3 Å². The topological polar surface area (TPSA) is 45.7 Å². The van der Waals surface area contributed by atoms with E-state index in [4.69, 9.17) is 4.74 Å². The fourth-order valence-electron chi connectivity index (χ4n) is 3.20. The Balaban J connectivity index is 1.44. The van der Waals surface area contributed by atoms with Crippen LogP contribution < -0.4 is 9.64 Å². The zero-order valence-electron chi connectivity index (χ0n) is 15.3. The molecular formula is C20H19F2N3O2S. The summed E-state index contributed by atoms with van der Waals surface area (Å²) in [5.41, 5.74) is 1.08. The number of nitrogens with zero attached hydrogens (tertiary/aromatic N) is 3. The number of hydrogen-bond donors (Lipinski definition) is 0. The van der Waals surface area contributed by atoms with Crippen LogP contribution >= 0.6 is 11.3 Å². The Morgan fingerprint density at radius 1 is 1.11 bits per heavy atom. The summed E-state index contributed by atoms with van der Waals surface area (Å²) in [6.45, 7) is 4.82. The molecule has 0 bridgehead atoms. The maximum atomic E-state index is 13.4. The standard InChI is InChI=1S/C20H19F2N3O2S/c1-2-27-14-4-6-17-18(12-14)28-20(23-17)25-9-7-24(8-10-25)19(26)13-3-5-15(21)16(22)11-13/h3-6,11-12H,2,7-10H2,1H3. The highest BCUT2D eigenvalue weighted by atomic mass is 32.1. The van der Waals surface area contributed by atoms with Crippen LogP contribution in [0.4, 0.5) is 13.9 Å². The minimum Gasteiger partial charge on any atom is -0.494 e. The number of carbonyl (C=O) groups is 1. The third-order valence-electron chi connectivity index (χ3n) is 4.66. The van der Waals surface area contributed by atoms with E-state index < -0.39 is 11.6 Å². The number of thiazole rings is 1. The van der Waals surface area contributed by atoms with E-state index in [2.05, 4.69) is 9.88 Å². The largest absolute Gasteiger partial charge is 0.494 e. The van der Waals surface area contributed by atoms with Crippen molar-refractivity contribution in [2.45, 2.75) is 6.92 Å². The minimum absolute atomic E-state index is 0.163. The summed E-state index contributed by atoms with van der Waals surface area (Å²) in [7, 11) is 0. The predicted octanol–water partition coefficient (Wildman–Crippen LogP) is 3.94. The lowest BCUT2D eigenvalue weighted by molar-refractivity contribution is 0.0746. The zero-order valence-corrected chi connectivity index (χ0v) is 16.1. The van der Waals surface area contributed by atoms with Crippen LogP contribution in [0.1, 0.15) is 17.3 Å². The van der Waals surface area contributed by atoms with E-state index in [1.807, 2.05) is 25.1 Å². The van der Waals surface area contributed by atoms with Crippen LogP contribution in [0.5, 0.6) is 5.75 Å². The van der Waals surface area contributed by atoms with Gasteiger partial charge in [0.05, 0.1) is 16.8 Å². The Hall–Kier alpha value is -2.74. The van der Waals surface area contributed by atoms with Gasteiger partial charge in [-0.15, -0.1) is 0 Å². The summed E-state index contributed by atoms with van der Waals surface area (Å²) in [5.74, 6) is -1.42. The quantitative estimate of drug-likeness (QED) is 0.662. The lowest BCUT2D eigenvalue weighted by Crippen LogP contribution is -2.48. The summed E-state index contributed by atoms with van der Waals surface area (Å²) < 4.78 is 33.1. The molecule has 0 unspecified atom stereocenters. The molecule has 3 aromatic rings. The summed E-state index contributed by atoms with van der Waals surface area (Å²) in [5, 5.41) is 0.906. The number of benzene rings is 2. The highest BCUT2D eigenvalue weighted by Crippen LogP contribution is 2.32. The van der Waals surface area contributed by atoms with Gasteiger partial charge < -0.3 is 14.5 Å². The Labute approximate surface area is 165 Å². The van der Waals surface area contributed by atoms with Gasteiger partial charge in [-0.25, -0.2) is 13.8 Å². The predicted molar refractivity (Wildman–Crippen MR) is 105 cm³/mol. The van der Waals surface area contributed by atoms with E-state index in [9.17, 15) is 13.6 Å². The van der Waals surface area contributed by atoms with Crippen LogP contribution in [0.15, 0.2) is 36.4 Å². The van der Waals surface area contributed by atoms with Crippen molar-refractivity contribution in [2.75, 3.05) is 37.7 Å². The van der Waals surface area contributed by atoms with Gasteiger partial charge in [-0.1, -0.05) is 11.3 Å². The molecule has 0 radical (unpaired) electrons. The maximum absolute atomic E-state index is 13.4. The third kappa shape index (κ3) is 3.64. The molecule has 28 heavy (non-hydrogen) atoms. The molecule has 5 nitrogen and oxygen atoms in total. The first-order valence-electron chi connectivity index (χ1n) is 9.08. The normalized spacial score (nSPS) is 14.5. The van der Waals surface area contributed by atoms with Crippen LogP contribution in [0.2, 0.25) is 0 Å². The Morgan fingerprint density at radius 2 is 1.89 bits per heavy atom. The smallest absolute Gasteiger partial charge is 0.254 e. The van der Waals surface area contributed by atoms with Gasteiger partial charge in [-0.3, -0.25) is 4.79 Å². The number of aromatic nitrogens is 1. The second-order valence-corrected chi connectivity index (χ2v) is 7.48. The lowest BCUT2D eigenvalue weighted by Gasteiger charge is -2.34. The molecule has 1 aliphatic heterocycles. The highest BCUT2D eigenvalue weighted by molar-refractivity contribution is 7.22. The summed E-state index contributed by atoms with van der Waals surface area (Å²) >= 11 is 1.59. The van der Waals surface area contributed by atoms with Gasteiger partial charge in [0.1, 0.15) is 5.75 Å². The lowest BCUT2D eigenvalue weighted by atomic mass is 10.1. The van der Waals surface area contributed by atoms with Crippen LogP contribution in [0, 0.1) is 11.6 Å². The van der Waals surface area contributed by atoms with Crippen LogP contribution in [-0.2, 0) is 0 Å². The molecule has 8 heteroatoms. The number of ether oxygens (including phenoxy) is 1. The number of anilines is 1. The van der Waals surface area contributed by atoms with Crippen molar-refractivity contribution in [3.8, 4) is 5.75 Å². The second kappa shape index (κ2) is 7.71. The van der Waals surface area contributed by atoms with Gasteiger partial charge in [0.2, 0.25) is 0 Å². The van der Waals surface area contributed by atoms with Gasteiger partial charge in [0, 0.05) is 31.7 Å². The molecule has 4 rings (SSSR count). The molecule has 1 amide bonds. The maximum Gasteiger partial charge on any atom is 0.254 e. The van der Waals surface area contributed by atoms with Crippen LogP contribution in [-0.4, -0.2) is 48.6 Å². The van der Waals surface area contributed by atoms with Gasteiger partial charge >= 0.3 is 0 Å². The van der Waals surface area contributed by atoms with Crippen molar-refractivity contribution in [1.82, 2.24) is 9.88 Å². The van der Waals surface area contributed by atoms with Gasteiger partial charge in [0.15, 0.2) is 16.8 Å². The summed E-state index contributed by atoms with van der Waals surface area (Å²) in [6, 6.07) is 9.10. The molecule has 1 aromatic heterocycles. The van der Waals surface area contributed by atoms with Crippen molar-refractivity contribution in [2.24, 2.45) is 0 Å². The number of fused-ring (bicyclic) bond motifs is 1. The van der Waals surface area contributed by atoms with Crippen LogP contribution in [0.25, 0.3) is 10.2 Å². The molecule has 2 aromatic carbocycles. The fourth-order valence-corrected chi connectivity index (χ4v) is 4.24. The van der Waals surface area contributed by atoms with Crippen LogP contribution in [0.3, 0.4) is 0 Å². The van der Waals surface area contributed by atoms with E-state index in [0.29, 0.717) is 32.8 Å². The Morgan fingerprint density at radius 3 is 2.61 bits per heavy atom. The third-order valence-corrected chi connectivity index (χ3v) is 5.74. The molecule has 1 fully saturated rings. The summed E-state index contributed by atoms with van der Waals surface area (Å²) in [4.78, 5) is 21.0. The zero-order chi connectivity index (χ0) is 19.7. The monoisotopic (exact) mass is 403 g/mol. The highest BCUT2D eigenvalue weighted by Gasteiger charge is 2.24. The van der Waals surface area contributed by atoms with E-state index in [0.717, 1.165) is 33.2 Å². The van der Waals surface area contributed by atoms with E-state index in [-0.39, 0.29) is 11.5 Å². The van der Waals surface area contributed by atoms with Crippen molar-refractivity contribution < 1.29 is 18.3 Å².